The number of likely N-dealkylation sites (N-methyl/N-ethyl adjacent to an activating group) is 2. The summed E-state index contributed by atoms with van der Waals surface area (Å²) in [6, 6.07) is 5.37. The van der Waals surface area contributed by atoms with E-state index in [0.29, 0.717) is 23.1 Å². The van der Waals surface area contributed by atoms with Gasteiger partial charge in [0.25, 0.3) is 0 Å². The molecule has 24 heavy (non-hydrogen) atoms. The van der Waals surface area contributed by atoms with Crippen molar-refractivity contribution in [2.75, 3.05) is 47.3 Å². The van der Waals surface area contributed by atoms with Gasteiger partial charge in [-0.1, -0.05) is 23.2 Å². The third kappa shape index (κ3) is 5.43. The van der Waals surface area contributed by atoms with Crippen molar-refractivity contribution in [2.45, 2.75) is 18.9 Å². The first-order chi connectivity index (χ1) is 11.4. The highest BCUT2D eigenvalue weighted by atomic mass is 35.5. The van der Waals surface area contributed by atoms with Crippen LogP contribution in [0.5, 0.6) is 5.75 Å². The number of carbonyl (C=O) groups is 1. The number of urea groups is 1. The fourth-order valence-corrected chi connectivity index (χ4v) is 2.88. The highest BCUT2D eigenvalue weighted by Crippen LogP contribution is 2.28. The van der Waals surface area contributed by atoms with Crippen LogP contribution in [0.3, 0.4) is 0 Å². The Morgan fingerprint density at radius 2 is 1.83 bits per heavy atom. The maximum absolute atomic E-state index is 12.4. The molecule has 0 saturated carbocycles. The minimum Gasteiger partial charge on any atom is -0.490 e. The molecule has 1 aromatic rings. The molecule has 0 spiro atoms. The average molecular weight is 374 g/mol. The molecule has 1 aromatic carbocycles. The summed E-state index contributed by atoms with van der Waals surface area (Å²) in [6.45, 7) is 3.00. The Balaban J connectivity index is 1.80. The fraction of sp³-hybridized carbons (Fsp3) is 0.588. The van der Waals surface area contributed by atoms with Crippen molar-refractivity contribution in [1.82, 2.24) is 14.7 Å². The molecule has 1 saturated heterocycles. The van der Waals surface area contributed by atoms with E-state index < -0.39 is 0 Å². The van der Waals surface area contributed by atoms with Crippen LogP contribution in [0.2, 0.25) is 10.0 Å². The molecule has 1 aliphatic rings. The molecule has 0 aliphatic carbocycles. The van der Waals surface area contributed by atoms with E-state index in [1.807, 2.05) is 32.1 Å². The molecule has 2 amide bonds. The van der Waals surface area contributed by atoms with Crippen molar-refractivity contribution in [2.24, 2.45) is 0 Å². The first-order valence-corrected chi connectivity index (χ1v) is 8.89. The lowest BCUT2D eigenvalue weighted by Crippen LogP contribution is -2.48. The molecular weight excluding hydrogens is 349 g/mol. The van der Waals surface area contributed by atoms with Crippen molar-refractivity contribution in [3.05, 3.63) is 28.2 Å². The summed E-state index contributed by atoms with van der Waals surface area (Å²) in [5.74, 6) is 0.720. The topological polar surface area (TPSA) is 36.0 Å². The maximum atomic E-state index is 12.4. The molecule has 0 aromatic heterocycles. The van der Waals surface area contributed by atoms with Crippen LogP contribution in [0, 0.1) is 0 Å². The summed E-state index contributed by atoms with van der Waals surface area (Å²) in [7, 11) is 5.86. The molecule has 2 rings (SSSR count). The van der Waals surface area contributed by atoms with Gasteiger partial charge in [-0.2, -0.15) is 0 Å². The molecule has 1 aliphatic heterocycles. The van der Waals surface area contributed by atoms with Crippen LogP contribution in [0.15, 0.2) is 18.2 Å². The predicted octanol–water partition coefficient (Wildman–Crippen LogP) is 3.45. The Hall–Kier alpha value is -1.17. The lowest BCUT2D eigenvalue weighted by Gasteiger charge is -2.35. The van der Waals surface area contributed by atoms with Crippen molar-refractivity contribution < 1.29 is 9.53 Å². The van der Waals surface area contributed by atoms with Gasteiger partial charge in [-0.05, 0) is 26.2 Å². The largest absolute Gasteiger partial charge is 0.490 e. The highest BCUT2D eigenvalue weighted by Gasteiger charge is 2.25. The molecule has 0 N–H and O–H groups in total. The molecule has 0 bridgehead atoms. The number of hydrogen-bond donors (Lipinski definition) is 0. The zero-order valence-electron chi connectivity index (χ0n) is 14.5. The number of benzene rings is 1. The van der Waals surface area contributed by atoms with E-state index >= 15 is 0 Å². The molecule has 0 atom stereocenters. The Morgan fingerprint density at radius 3 is 2.42 bits per heavy atom. The van der Waals surface area contributed by atoms with Crippen molar-refractivity contribution in [1.29, 1.82) is 0 Å². The monoisotopic (exact) mass is 373 g/mol. The summed E-state index contributed by atoms with van der Waals surface area (Å²) >= 11 is 11.9. The number of carbonyl (C=O) groups excluding carboxylic acids is 1. The fourth-order valence-electron chi connectivity index (χ4n) is 2.59. The second kappa shape index (κ2) is 8.79. The number of nitrogens with zero attached hydrogens (tertiary/aromatic N) is 3. The number of rotatable bonds is 5. The van der Waals surface area contributed by atoms with Crippen LogP contribution >= 0.6 is 23.2 Å². The minimum atomic E-state index is 0.0878. The molecule has 1 heterocycles. The number of amides is 2. The van der Waals surface area contributed by atoms with Gasteiger partial charge in [0, 0.05) is 52.1 Å². The van der Waals surface area contributed by atoms with Gasteiger partial charge in [0.2, 0.25) is 0 Å². The summed E-state index contributed by atoms with van der Waals surface area (Å²) in [4.78, 5) is 18.2. The van der Waals surface area contributed by atoms with E-state index in [9.17, 15) is 4.79 Å². The third-order valence-corrected chi connectivity index (χ3v) is 4.85. The standard InChI is InChI=1S/C17H25Cl2N3O2/c1-20(2)10-11-21(3)17(23)22-8-6-13(7-9-22)24-14-4-5-15(18)16(19)12-14/h4-5,12-13H,6-11H2,1-3H3. The smallest absolute Gasteiger partial charge is 0.319 e. The van der Waals surface area contributed by atoms with Crippen molar-refractivity contribution >= 4 is 29.2 Å². The van der Waals surface area contributed by atoms with E-state index in [4.69, 9.17) is 27.9 Å². The number of likely N-dealkylation sites (tertiary alicyclic amines) is 1. The molecule has 0 unspecified atom stereocenters. The highest BCUT2D eigenvalue weighted by molar-refractivity contribution is 6.42. The van der Waals surface area contributed by atoms with Gasteiger partial charge in [0.1, 0.15) is 11.9 Å². The van der Waals surface area contributed by atoms with Gasteiger partial charge < -0.3 is 19.4 Å². The van der Waals surface area contributed by atoms with Crippen molar-refractivity contribution in [3.8, 4) is 5.75 Å². The lowest BCUT2D eigenvalue weighted by atomic mass is 10.1. The van der Waals surface area contributed by atoms with E-state index in [1.54, 1.807) is 17.0 Å². The minimum absolute atomic E-state index is 0.0878. The predicted molar refractivity (Wildman–Crippen MR) is 98.3 cm³/mol. The average Bonchev–Trinajstić information content (AvgIpc) is 2.56. The van der Waals surface area contributed by atoms with Crippen LogP contribution in [-0.2, 0) is 0 Å². The Morgan fingerprint density at radius 1 is 1.17 bits per heavy atom. The van der Waals surface area contributed by atoms with Crippen molar-refractivity contribution in [3.63, 3.8) is 0 Å². The number of ether oxygens (including phenoxy) is 1. The first-order valence-electron chi connectivity index (χ1n) is 8.13. The van der Waals surface area contributed by atoms with E-state index in [2.05, 4.69) is 4.90 Å². The Bertz CT molecular complexity index is 561. The van der Waals surface area contributed by atoms with Gasteiger partial charge in [-0.25, -0.2) is 4.79 Å². The SMILES string of the molecule is CN(C)CCN(C)C(=O)N1CCC(Oc2ccc(Cl)c(Cl)c2)CC1. The van der Waals surface area contributed by atoms with Gasteiger partial charge in [-0.3, -0.25) is 0 Å². The Kier molecular flexibility index (Phi) is 7.02. The van der Waals surface area contributed by atoms with Crippen LogP contribution in [-0.4, -0.2) is 74.2 Å². The Labute approximate surface area is 154 Å². The molecular formula is C17H25Cl2N3O2. The second-order valence-electron chi connectivity index (χ2n) is 6.39. The van der Waals surface area contributed by atoms with Crippen LogP contribution in [0.1, 0.15) is 12.8 Å². The zero-order valence-corrected chi connectivity index (χ0v) is 16.0. The number of hydrogen-bond acceptors (Lipinski definition) is 3. The van der Waals surface area contributed by atoms with Crippen LogP contribution in [0.25, 0.3) is 0 Å². The number of halogens is 2. The first kappa shape index (κ1) is 19.2. The molecule has 7 heteroatoms. The van der Waals surface area contributed by atoms with E-state index in [0.717, 1.165) is 31.7 Å². The lowest BCUT2D eigenvalue weighted by molar-refractivity contribution is 0.0975. The normalized spacial score (nSPS) is 15.7. The summed E-state index contributed by atoms with van der Waals surface area (Å²) < 4.78 is 5.96. The van der Waals surface area contributed by atoms with E-state index in [1.165, 1.54) is 0 Å². The van der Waals surface area contributed by atoms with Crippen LogP contribution < -0.4 is 4.74 Å². The molecule has 134 valence electrons. The summed E-state index contributed by atoms with van der Waals surface area (Å²) in [6.07, 6.45) is 1.72. The molecule has 0 radical (unpaired) electrons. The van der Waals surface area contributed by atoms with Gasteiger partial charge in [-0.15, -0.1) is 0 Å². The summed E-state index contributed by atoms with van der Waals surface area (Å²) in [5, 5.41) is 1.01. The van der Waals surface area contributed by atoms with Gasteiger partial charge in [0.15, 0.2) is 0 Å². The molecule has 1 fully saturated rings. The number of piperidine rings is 1. The van der Waals surface area contributed by atoms with Gasteiger partial charge >= 0.3 is 6.03 Å². The maximum Gasteiger partial charge on any atom is 0.319 e. The van der Waals surface area contributed by atoms with E-state index in [-0.39, 0.29) is 12.1 Å². The quantitative estimate of drug-likeness (QED) is 0.792. The third-order valence-electron chi connectivity index (χ3n) is 4.12. The molecule has 5 nitrogen and oxygen atoms in total. The summed E-state index contributed by atoms with van der Waals surface area (Å²) in [5.41, 5.74) is 0. The van der Waals surface area contributed by atoms with Crippen LogP contribution in [0.4, 0.5) is 4.79 Å². The van der Waals surface area contributed by atoms with Gasteiger partial charge in [0.05, 0.1) is 10.0 Å². The second-order valence-corrected chi connectivity index (χ2v) is 7.20. The zero-order chi connectivity index (χ0) is 17.7.